The number of nitrogens with one attached hydrogen (secondary N) is 1. The molecule has 0 spiro atoms. The molecule has 0 aromatic carbocycles. The normalized spacial score (nSPS) is 43.0. The highest BCUT2D eigenvalue weighted by molar-refractivity contribution is 5.67. The second-order valence-electron chi connectivity index (χ2n) is 5.95. The quantitative estimate of drug-likeness (QED) is 0.768. The lowest BCUT2D eigenvalue weighted by atomic mass is 9.72. The van der Waals surface area contributed by atoms with Gasteiger partial charge in [0.05, 0.1) is 0 Å². The van der Waals surface area contributed by atoms with Gasteiger partial charge in [-0.05, 0) is 62.3 Å². The summed E-state index contributed by atoms with van der Waals surface area (Å²) in [6, 6.07) is 0.624. The van der Waals surface area contributed by atoms with Gasteiger partial charge in [-0.2, -0.15) is 0 Å². The number of hydrogen-bond donors (Lipinski definition) is 2. The van der Waals surface area contributed by atoms with Crippen molar-refractivity contribution >= 4 is 5.97 Å². The number of carboxylic acids is 1. The smallest absolute Gasteiger partial charge is 0.303 e. The Balaban J connectivity index is 1.63. The third-order valence-corrected chi connectivity index (χ3v) is 4.91. The first kappa shape index (κ1) is 10.6. The molecule has 1 heterocycles. The first-order chi connectivity index (χ1) is 7.74. The van der Waals surface area contributed by atoms with E-state index in [1.165, 1.54) is 32.1 Å². The van der Waals surface area contributed by atoms with Crippen LogP contribution in [0.1, 0.15) is 38.5 Å². The van der Waals surface area contributed by atoms with Gasteiger partial charge in [0.25, 0.3) is 0 Å². The lowest BCUT2D eigenvalue weighted by Crippen LogP contribution is -2.34. The number of carboxylic acid groups (broad SMARTS) is 1. The molecule has 0 radical (unpaired) electrons. The van der Waals surface area contributed by atoms with E-state index in [0.717, 1.165) is 18.4 Å². The molecule has 2 saturated carbocycles. The van der Waals surface area contributed by atoms with Crippen LogP contribution in [0.15, 0.2) is 0 Å². The van der Waals surface area contributed by atoms with Crippen molar-refractivity contribution in [1.29, 1.82) is 0 Å². The Labute approximate surface area is 96.6 Å². The monoisotopic (exact) mass is 223 g/mol. The van der Waals surface area contributed by atoms with Crippen molar-refractivity contribution in [3.05, 3.63) is 0 Å². The van der Waals surface area contributed by atoms with E-state index in [9.17, 15) is 4.79 Å². The SMILES string of the molecule is O=C(O)CC1CNC2CCC(C3CC3)CC12. The molecule has 1 saturated heterocycles. The van der Waals surface area contributed by atoms with E-state index < -0.39 is 5.97 Å². The van der Waals surface area contributed by atoms with E-state index in [1.807, 2.05) is 0 Å². The van der Waals surface area contributed by atoms with Crippen molar-refractivity contribution in [3.63, 3.8) is 0 Å². The van der Waals surface area contributed by atoms with E-state index in [0.29, 0.717) is 24.3 Å². The summed E-state index contributed by atoms with van der Waals surface area (Å²) in [5, 5.41) is 12.5. The largest absolute Gasteiger partial charge is 0.481 e. The van der Waals surface area contributed by atoms with Gasteiger partial charge in [-0.1, -0.05) is 0 Å². The highest BCUT2D eigenvalue weighted by Crippen LogP contribution is 2.48. The van der Waals surface area contributed by atoms with Gasteiger partial charge in [0, 0.05) is 12.5 Å². The average molecular weight is 223 g/mol. The first-order valence-electron chi connectivity index (χ1n) is 6.69. The number of carbonyl (C=O) groups is 1. The molecule has 3 heteroatoms. The van der Waals surface area contributed by atoms with Crippen LogP contribution >= 0.6 is 0 Å². The molecule has 3 rings (SSSR count). The van der Waals surface area contributed by atoms with Gasteiger partial charge in [-0.15, -0.1) is 0 Å². The zero-order valence-corrected chi connectivity index (χ0v) is 9.69. The van der Waals surface area contributed by atoms with E-state index in [-0.39, 0.29) is 0 Å². The predicted molar refractivity (Wildman–Crippen MR) is 61.1 cm³/mol. The summed E-state index contributed by atoms with van der Waals surface area (Å²) in [5.41, 5.74) is 0. The standard InChI is InChI=1S/C13H21NO2/c15-13(16)6-10-7-14-12-4-3-9(5-11(10)12)8-1-2-8/h8-12,14H,1-7H2,(H,15,16). The molecule has 0 aromatic rings. The number of hydrogen-bond acceptors (Lipinski definition) is 2. The molecule has 0 amide bonds. The van der Waals surface area contributed by atoms with Gasteiger partial charge >= 0.3 is 5.97 Å². The molecule has 3 aliphatic rings. The molecule has 16 heavy (non-hydrogen) atoms. The van der Waals surface area contributed by atoms with Crippen LogP contribution < -0.4 is 5.32 Å². The minimum atomic E-state index is -0.624. The highest BCUT2D eigenvalue weighted by atomic mass is 16.4. The van der Waals surface area contributed by atoms with E-state index in [4.69, 9.17) is 5.11 Å². The summed E-state index contributed by atoms with van der Waals surface area (Å²) in [5.74, 6) is 2.32. The molecule has 2 aliphatic carbocycles. The summed E-state index contributed by atoms with van der Waals surface area (Å²) in [6.45, 7) is 0.930. The lowest BCUT2D eigenvalue weighted by molar-refractivity contribution is -0.138. The number of rotatable bonds is 3. The second-order valence-corrected chi connectivity index (χ2v) is 5.95. The maximum atomic E-state index is 10.8. The van der Waals surface area contributed by atoms with Crippen molar-refractivity contribution in [2.45, 2.75) is 44.6 Å². The van der Waals surface area contributed by atoms with Gasteiger partial charge in [-0.3, -0.25) is 4.79 Å². The predicted octanol–water partition coefficient (Wildman–Crippen LogP) is 1.88. The zero-order chi connectivity index (χ0) is 11.1. The molecule has 4 atom stereocenters. The van der Waals surface area contributed by atoms with Crippen molar-refractivity contribution in [1.82, 2.24) is 5.32 Å². The molecular formula is C13H21NO2. The topological polar surface area (TPSA) is 49.3 Å². The van der Waals surface area contributed by atoms with Gasteiger partial charge in [-0.25, -0.2) is 0 Å². The minimum Gasteiger partial charge on any atom is -0.481 e. The Morgan fingerprint density at radius 1 is 1.19 bits per heavy atom. The maximum absolute atomic E-state index is 10.8. The van der Waals surface area contributed by atoms with Crippen LogP contribution in [0.2, 0.25) is 0 Å². The Kier molecular flexibility index (Phi) is 2.66. The summed E-state index contributed by atoms with van der Waals surface area (Å²) in [4.78, 5) is 10.8. The van der Waals surface area contributed by atoms with Crippen molar-refractivity contribution < 1.29 is 9.90 Å². The third-order valence-electron chi connectivity index (χ3n) is 4.91. The fourth-order valence-electron chi connectivity index (χ4n) is 3.91. The molecule has 3 fully saturated rings. The van der Waals surface area contributed by atoms with Crippen LogP contribution in [-0.4, -0.2) is 23.7 Å². The van der Waals surface area contributed by atoms with Crippen LogP contribution in [0.25, 0.3) is 0 Å². The number of fused-ring (bicyclic) bond motifs is 1. The van der Waals surface area contributed by atoms with Crippen molar-refractivity contribution in [2.75, 3.05) is 6.54 Å². The third kappa shape index (κ3) is 1.97. The Morgan fingerprint density at radius 2 is 1.94 bits per heavy atom. The Morgan fingerprint density at radius 3 is 2.62 bits per heavy atom. The molecule has 2 N–H and O–H groups in total. The van der Waals surface area contributed by atoms with Gasteiger partial charge in [0.15, 0.2) is 0 Å². The Bertz CT molecular complexity index is 288. The summed E-state index contributed by atoms with van der Waals surface area (Å²) < 4.78 is 0. The molecule has 0 bridgehead atoms. The van der Waals surface area contributed by atoms with Crippen LogP contribution in [0.3, 0.4) is 0 Å². The minimum absolute atomic E-state index is 0.367. The summed E-state index contributed by atoms with van der Waals surface area (Å²) in [6.07, 6.45) is 7.17. The van der Waals surface area contributed by atoms with Gasteiger partial charge in [0.2, 0.25) is 0 Å². The van der Waals surface area contributed by atoms with Crippen LogP contribution in [0.5, 0.6) is 0 Å². The molecule has 0 aromatic heterocycles. The highest BCUT2D eigenvalue weighted by Gasteiger charge is 2.44. The Hall–Kier alpha value is -0.570. The molecule has 1 aliphatic heterocycles. The molecule has 4 unspecified atom stereocenters. The van der Waals surface area contributed by atoms with Crippen molar-refractivity contribution in [2.24, 2.45) is 23.7 Å². The van der Waals surface area contributed by atoms with E-state index in [1.54, 1.807) is 0 Å². The van der Waals surface area contributed by atoms with Crippen LogP contribution in [-0.2, 0) is 4.79 Å². The fourth-order valence-corrected chi connectivity index (χ4v) is 3.91. The number of aliphatic carboxylic acids is 1. The van der Waals surface area contributed by atoms with Gasteiger partial charge < -0.3 is 10.4 Å². The maximum Gasteiger partial charge on any atom is 0.303 e. The fraction of sp³-hybridized carbons (Fsp3) is 0.923. The van der Waals surface area contributed by atoms with Gasteiger partial charge in [0.1, 0.15) is 0 Å². The molecule has 3 nitrogen and oxygen atoms in total. The van der Waals surface area contributed by atoms with Crippen LogP contribution in [0, 0.1) is 23.7 Å². The second kappa shape index (κ2) is 4.02. The molecular weight excluding hydrogens is 202 g/mol. The average Bonchev–Trinajstić information content (AvgIpc) is 3.03. The summed E-state index contributed by atoms with van der Waals surface area (Å²) >= 11 is 0. The van der Waals surface area contributed by atoms with Crippen molar-refractivity contribution in [3.8, 4) is 0 Å². The van der Waals surface area contributed by atoms with E-state index >= 15 is 0 Å². The molecule has 90 valence electrons. The van der Waals surface area contributed by atoms with Crippen LogP contribution in [0.4, 0.5) is 0 Å². The lowest BCUT2D eigenvalue weighted by Gasteiger charge is -2.34. The summed E-state index contributed by atoms with van der Waals surface area (Å²) in [7, 11) is 0. The first-order valence-corrected chi connectivity index (χ1v) is 6.69. The van der Waals surface area contributed by atoms with E-state index in [2.05, 4.69) is 5.32 Å². The zero-order valence-electron chi connectivity index (χ0n) is 9.69.